The highest BCUT2D eigenvalue weighted by Gasteiger charge is 2.20. The molecule has 1 aromatic carbocycles. The lowest BCUT2D eigenvalue weighted by atomic mass is 10.3. The van der Waals surface area contributed by atoms with E-state index in [4.69, 9.17) is 16.3 Å². The lowest BCUT2D eigenvalue weighted by Crippen LogP contribution is -2.04. The maximum Gasteiger partial charge on any atom is 0.143 e. The molecule has 0 heterocycles. The van der Waals surface area contributed by atoms with Gasteiger partial charge in [-0.25, -0.2) is 0 Å². The molecular weight excluding hydrogens is 198 g/mol. The van der Waals surface area contributed by atoms with Crippen LogP contribution in [0, 0.1) is 5.92 Å². The van der Waals surface area contributed by atoms with Gasteiger partial charge in [-0.15, -0.1) is 0 Å². The third kappa shape index (κ3) is 2.32. The Morgan fingerprint density at radius 1 is 1.50 bits per heavy atom. The van der Waals surface area contributed by atoms with Crippen LogP contribution in [0.1, 0.15) is 12.8 Å². The lowest BCUT2D eigenvalue weighted by molar-refractivity contribution is 0.416. The molecule has 1 saturated carbocycles. The Labute approximate surface area is 89.2 Å². The molecule has 0 bridgehead atoms. The quantitative estimate of drug-likeness (QED) is 0.826. The molecule has 76 valence electrons. The number of hydrogen-bond donors (Lipinski definition) is 1. The van der Waals surface area contributed by atoms with Crippen molar-refractivity contribution in [2.24, 2.45) is 5.92 Å². The molecule has 3 heteroatoms. The van der Waals surface area contributed by atoms with Gasteiger partial charge in [-0.2, -0.15) is 0 Å². The molecule has 0 saturated heterocycles. The minimum atomic E-state index is 0.707. The topological polar surface area (TPSA) is 21.3 Å². The van der Waals surface area contributed by atoms with E-state index in [-0.39, 0.29) is 0 Å². The minimum Gasteiger partial charge on any atom is -0.495 e. The summed E-state index contributed by atoms with van der Waals surface area (Å²) in [6.45, 7) is 1.04. The fraction of sp³-hybridized carbons (Fsp3) is 0.455. The highest BCUT2D eigenvalue weighted by molar-refractivity contribution is 6.30. The van der Waals surface area contributed by atoms with Gasteiger partial charge in [-0.3, -0.25) is 0 Å². The average molecular weight is 212 g/mol. The van der Waals surface area contributed by atoms with E-state index in [1.54, 1.807) is 7.11 Å². The van der Waals surface area contributed by atoms with E-state index in [0.717, 1.165) is 23.9 Å². The van der Waals surface area contributed by atoms with Gasteiger partial charge in [0.15, 0.2) is 0 Å². The monoisotopic (exact) mass is 211 g/mol. The predicted molar refractivity (Wildman–Crippen MR) is 59.2 cm³/mol. The van der Waals surface area contributed by atoms with Gasteiger partial charge in [-0.1, -0.05) is 11.6 Å². The molecule has 0 atom stereocenters. The van der Waals surface area contributed by atoms with Crippen LogP contribution in [0.2, 0.25) is 5.02 Å². The van der Waals surface area contributed by atoms with Crippen molar-refractivity contribution in [3.8, 4) is 5.75 Å². The molecule has 0 unspecified atom stereocenters. The third-order valence-electron chi connectivity index (χ3n) is 2.44. The highest BCUT2D eigenvalue weighted by atomic mass is 35.5. The smallest absolute Gasteiger partial charge is 0.143 e. The van der Waals surface area contributed by atoms with Crippen LogP contribution in [-0.2, 0) is 0 Å². The normalized spacial score (nSPS) is 15.3. The van der Waals surface area contributed by atoms with Gasteiger partial charge in [0.2, 0.25) is 0 Å². The number of nitrogens with one attached hydrogen (secondary N) is 1. The molecule has 0 radical (unpaired) electrons. The second-order valence-electron chi connectivity index (χ2n) is 3.67. The minimum absolute atomic E-state index is 0.707. The van der Waals surface area contributed by atoms with Gasteiger partial charge in [0.25, 0.3) is 0 Å². The second kappa shape index (κ2) is 4.09. The lowest BCUT2D eigenvalue weighted by Gasteiger charge is -2.10. The van der Waals surface area contributed by atoms with Crippen molar-refractivity contribution >= 4 is 17.3 Å². The summed E-state index contributed by atoms with van der Waals surface area (Å²) in [6.07, 6.45) is 2.70. The number of benzene rings is 1. The van der Waals surface area contributed by atoms with Crippen molar-refractivity contribution in [2.75, 3.05) is 19.0 Å². The fourth-order valence-corrected chi connectivity index (χ4v) is 1.55. The summed E-state index contributed by atoms with van der Waals surface area (Å²) in [5.74, 6) is 1.67. The zero-order valence-corrected chi connectivity index (χ0v) is 8.97. The molecular formula is C11H14ClNO. The average Bonchev–Trinajstić information content (AvgIpc) is 2.99. The van der Waals surface area contributed by atoms with Gasteiger partial charge in [0, 0.05) is 17.6 Å². The molecule has 0 amide bonds. The molecule has 1 aliphatic rings. The standard InChI is InChI=1S/C11H14ClNO/c1-14-11-6-9(12)4-5-10(11)13-7-8-2-3-8/h4-6,8,13H,2-3,7H2,1H3. The molecule has 1 fully saturated rings. The third-order valence-corrected chi connectivity index (χ3v) is 2.68. The number of rotatable bonds is 4. The molecule has 2 rings (SSSR count). The van der Waals surface area contributed by atoms with Crippen LogP contribution >= 0.6 is 11.6 Å². The maximum atomic E-state index is 5.86. The fourth-order valence-electron chi connectivity index (χ4n) is 1.39. The van der Waals surface area contributed by atoms with E-state index in [1.165, 1.54) is 12.8 Å². The molecule has 0 spiro atoms. The Balaban J connectivity index is 2.05. The highest BCUT2D eigenvalue weighted by Crippen LogP contribution is 2.32. The van der Waals surface area contributed by atoms with Crippen molar-refractivity contribution < 1.29 is 4.74 Å². The molecule has 0 aliphatic heterocycles. The first kappa shape index (κ1) is 9.66. The number of ether oxygens (including phenoxy) is 1. The van der Waals surface area contributed by atoms with Crippen molar-refractivity contribution in [1.29, 1.82) is 0 Å². The summed E-state index contributed by atoms with van der Waals surface area (Å²) >= 11 is 5.86. The zero-order valence-electron chi connectivity index (χ0n) is 8.22. The summed E-state index contributed by atoms with van der Waals surface area (Å²) in [7, 11) is 1.66. The molecule has 2 nitrogen and oxygen atoms in total. The Bertz CT molecular complexity index is 323. The van der Waals surface area contributed by atoms with Gasteiger partial charge in [-0.05, 0) is 30.9 Å². The van der Waals surface area contributed by atoms with Gasteiger partial charge >= 0.3 is 0 Å². The van der Waals surface area contributed by atoms with Gasteiger partial charge < -0.3 is 10.1 Å². The Hall–Kier alpha value is -0.890. The molecule has 1 aromatic rings. The van der Waals surface area contributed by atoms with E-state index in [1.807, 2.05) is 18.2 Å². The summed E-state index contributed by atoms with van der Waals surface area (Å²) in [6, 6.07) is 5.67. The second-order valence-corrected chi connectivity index (χ2v) is 4.11. The number of halogens is 1. The van der Waals surface area contributed by atoms with E-state index in [0.29, 0.717) is 5.02 Å². The van der Waals surface area contributed by atoms with Crippen molar-refractivity contribution in [3.05, 3.63) is 23.2 Å². The largest absolute Gasteiger partial charge is 0.495 e. The van der Waals surface area contributed by atoms with Crippen LogP contribution in [0.4, 0.5) is 5.69 Å². The van der Waals surface area contributed by atoms with Crippen LogP contribution < -0.4 is 10.1 Å². The molecule has 1 N–H and O–H groups in total. The van der Waals surface area contributed by atoms with Gasteiger partial charge in [0.05, 0.1) is 12.8 Å². The first-order valence-corrected chi connectivity index (χ1v) is 5.25. The molecule has 1 aliphatic carbocycles. The summed E-state index contributed by atoms with van der Waals surface area (Å²) in [5, 5.41) is 4.08. The Kier molecular flexibility index (Phi) is 2.82. The van der Waals surface area contributed by atoms with E-state index in [9.17, 15) is 0 Å². The first-order chi connectivity index (χ1) is 6.79. The predicted octanol–water partition coefficient (Wildman–Crippen LogP) is 3.17. The van der Waals surface area contributed by atoms with Crippen LogP contribution in [0.25, 0.3) is 0 Å². The van der Waals surface area contributed by atoms with E-state index >= 15 is 0 Å². The number of methoxy groups -OCH3 is 1. The van der Waals surface area contributed by atoms with E-state index < -0.39 is 0 Å². The zero-order chi connectivity index (χ0) is 9.97. The Morgan fingerprint density at radius 3 is 2.93 bits per heavy atom. The summed E-state index contributed by atoms with van der Waals surface area (Å²) in [4.78, 5) is 0. The van der Waals surface area contributed by atoms with Crippen LogP contribution in [0.3, 0.4) is 0 Å². The van der Waals surface area contributed by atoms with Crippen LogP contribution in [0.5, 0.6) is 5.75 Å². The number of hydrogen-bond acceptors (Lipinski definition) is 2. The van der Waals surface area contributed by atoms with Crippen LogP contribution in [-0.4, -0.2) is 13.7 Å². The van der Waals surface area contributed by atoms with Crippen molar-refractivity contribution in [3.63, 3.8) is 0 Å². The number of anilines is 1. The molecule has 14 heavy (non-hydrogen) atoms. The maximum absolute atomic E-state index is 5.86. The first-order valence-electron chi connectivity index (χ1n) is 4.87. The molecule has 0 aromatic heterocycles. The SMILES string of the molecule is COc1cc(Cl)ccc1NCC1CC1. The van der Waals surface area contributed by atoms with E-state index in [2.05, 4.69) is 5.32 Å². The Morgan fingerprint density at radius 2 is 2.29 bits per heavy atom. The van der Waals surface area contributed by atoms with Crippen molar-refractivity contribution in [1.82, 2.24) is 0 Å². The van der Waals surface area contributed by atoms with Crippen LogP contribution in [0.15, 0.2) is 18.2 Å². The summed E-state index contributed by atoms with van der Waals surface area (Å²) in [5.41, 5.74) is 1.03. The summed E-state index contributed by atoms with van der Waals surface area (Å²) < 4.78 is 5.23. The van der Waals surface area contributed by atoms with Gasteiger partial charge in [0.1, 0.15) is 5.75 Å². The van der Waals surface area contributed by atoms with Crippen molar-refractivity contribution in [2.45, 2.75) is 12.8 Å².